The zero-order chi connectivity index (χ0) is 20.4. The number of para-hydroxylation sites is 1. The summed E-state index contributed by atoms with van der Waals surface area (Å²) in [6, 6.07) is 8.50. The molecule has 1 aromatic carbocycles. The molecule has 28 heavy (non-hydrogen) atoms. The molecule has 8 heteroatoms. The monoisotopic (exact) mass is 399 g/mol. The summed E-state index contributed by atoms with van der Waals surface area (Å²) in [4.78, 5) is 42.1. The fraction of sp³-hybridized carbons (Fsp3) is 0.300. The van der Waals surface area contributed by atoms with Gasteiger partial charge in [0, 0.05) is 23.4 Å². The van der Waals surface area contributed by atoms with Crippen LogP contribution in [0.2, 0.25) is 0 Å². The third kappa shape index (κ3) is 3.82. The summed E-state index contributed by atoms with van der Waals surface area (Å²) >= 11 is 1.24. The number of anilines is 1. The number of ether oxygens (including phenoxy) is 1. The number of methoxy groups -OCH3 is 1. The van der Waals surface area contributed by atoms with Crippen LogP contribution in [0.25, 0.3) is 10.9 Å². The number of hydrogen-bond donors (Lipinski definition) is 1. The van der Waals surface area contributed by atoms with Gasteiger partial charge in [0.15, 0.2) is 10.8 Å². The Kier molecular flexibility index (Phi) is 5.60. The summed E-state index contributed by atoms with van der Waals surface area (Å²) in [7, 11) is 2.96. The lowest BCUT2D eigenvalue weighted by molar-refractivity contribution is 0.0593. The number of carbonyl (C=O) groups excluding carboxylic acids is 2. The van der Waals surface area contributed by atoms with Crippen molar-refractivity contribution >= 4 is 39.2 Å². The van der Waals surface area contributed by atoms with Crippen molar-refractivity contribution in [3.05, 3.63) is 56.8 Å². The van der Waals surface area contributed by atoms with Gasteiger partial charge in [-0.25, -0.2) is 9.78 Å². The SMILES string of the molecule is COC(=O)c1nc(NC(=O)c2cc(=O)n(C)c3ccccc23)sc1CC(C)C. The Labute approximate surface area is 166 Å². The number of nitrogens with zero attached hydrogens (tertiary/aromatic N) is 2. The van der Waals surface area contributed by atoms with Crippen molar-refractivity contribution in [3.8, 4) is 0 Å². The maximum absolute atomic E-state index is 12.9. The van der Waals surface area contributed by atoms with E-state index in [9.17, 15) is 14.4 Å². The van der Waals surface area contributed by atoms with Gasteiger partial charge >= 0.3 is 5.97 Å². The van der Waals surface area contributed by atoms with E-state index in [1.165, 1.54) is 29.1 Å². The zero-order valence-electron chi connectivity index (χ0n) is 16.1. The highest BCUT2D eigenvalue weighted by Gasteiger charge is 2.21. The van der Waals surface area contributed by atoms with Crippen LogP contribution in [-0.2, 0) is 18.2 Å². The summed E-state index contributed by atoms with van der Waals surface area (Å²) in [6.07, 6.45) is 0.646. The second-order valence-corrected chi connectivity index (χ2v) is 7.89. The molecule has 0 unspecified atom stereocenters. The average molecular weight is 399 g/mol. The fourth-order valence-electron chi connectivity index (χ4n) is 2.93. The molecule has 0 saturated heterocycles. The lowest BCUT2D eigenvalue weighted by Crippen LogP contribution is -2.21. The van der Waals surface area contributed by atoms with E-state index in [0.29, 0.717) is 28.4 Å². The van der Waals surface area contributed by atoms with Gasteiger partial charge in [0.25, 0.3) is 11.5 Å². The van der Waals surface area contributed by atoms with Crippen LogP contribution in [0.3, 0.4) is 0 Å². The minimum Gasteiger partial charge on any atom is -0.464 e. The first-order valence-corrected chi connectivity index (χ1v) is 9.61. The van der Waals surface area contributed by atoms with Gasteiger partial charge in [-0.15, -0.1) is 11.3 Å². The molecule has 2 aromatic heterocycles. The smallest absolute Gasteiger partial charge is 0.357 e. The number of carbonyl (C=O) groups is 2. The van der Waals surface area contributed by atoms with Crippen molar-refractivity contribution in [1.29, 1.82) is 0 Å². The predicted molar refractivity (Wildman–Crippen MR) is 109 cm³/mol. The number of pyridine rings is 1. The van der Waals surface area contributed by atoms with Crippen molar-refractivity contribution in [2.75, 3.05) is 12.4 Å². The van der Waals surface area contributed by atoms with Crippen LogP contribution < -0.4 is 10.9 Å². The van der Waals surface area contributed by atoms with Gasteiger partial charge in [-0.2, -0.15) is 0 Å². The second kappa shape index (κ2) is 7.93. The molecule has 3 rings (SSSR count). The largest absolute Gasteiger partial charge is 0.464 e. The van der Waals surface area contributed by atoms with Gasteiger partial charge in [0.1, 0.15) is 0 Å². The van der Waals surface area contributed by atoms with Crippen molar-refractivity contribution in [3.63, 3.8) is 0 Å². The highest BCUT2D eigenvalue weighted by atomic mass is 32.1. The summed E-state index contributed by atoms with van der Waals surface area (Å²) in [5, 5.41) is 3.68. The van der Waals surface area contributed by atoms with E-state index in [1.54, 1.807) is 19.2 Å². The van der Waals surface area contributed by atoms with E-state index in [0.717, 1.165) is 4.88 Å². The molecule has 2 heterocycles. The third-order valence-electron chi connectivity index (χ3n) is 4.29. The number of aromatic nitrogens is 2. The summed E-state index contributed by atoms with van der Waals surface area (Å²) in [5.41, 5.74) is 0.859. The van der Waals surface area contributed by atoms with Crippen LogP contribution >= 0.6 is 11.3 Å². The highest BCUT2D eigenvalue weighted by Crippen LogP contribution is 2.27. The van der Waals surface area contributed by atoms with E-state index in [-0.39, 0.29) is 16.8 Å². The van der Waals surface area contributed by atoms with Crippen LogP contribution in [0.5, 0.6) is 0 Å². The quantitative estimate of drug-likeness (QED) is 0.665. The lowest BCUT2D eigenvalue weighted by Gasteiger charge is -2.09. The molecule has 0 aliphatic carbocycles. The Hall–Kier alpha value is -3.00. The topological polar surface area (TPSA) is 90.3 Å². The molecule has 0 bridgehead atoms. The Morgan fingerprint density at radius 1 is 1.29 bits per heavy atom. The number of rotatable bonds is 5. The molecule has 0 radical (unpaired) electrons. The van der Waals surface area contributed by atoms with E-state index >= 15 is 0 Å². The maximum atomic E-state index is 12.9. The van der Waals surface area contributed by atoms with Crippen molar-refractivity contribution < 1.29 is 14.3 Å². The summed E-state index contributed by atoms with van der Waals surface area (Å²) in [6.45, 7) is 4.07. The Morgan fingerprint density at radius 3 is 2.68 bits per heavy atom. The molecule has 0 fully saturated rings. The number of fused-ring (bicyclic) bond motifs is 1. The van der Waals surface area contributed by atoms with E-state index in [2.05, 4.69) is 10.3 Å². The zero-order valence-corrected chi connectivity index (χ0v) is 16.9. The Bertz CT molecular complexity index is 1110. The number of aryl methyl sites for hydroxylation is 1. The van der Waals surface area contributed by atoms with Gasteiger partial charge < -0.3 is 9.30 Å². The lowest BCUT2D eigenvalue weighted by atomic mass is 10.1. The highest BCUT2D eigenvalue weighted by molar-refractivity contribution is 7.16. The molecule has 7 nitrogen and oxygen atoms in total. The Morgan fingerprint density at radius 2 is 2.00 bits per heavy atom. The number of benzene rings is 1. The van der Waals surface area contributed by atoms with Gasteiger partial charge in [-0.05, 0) is 18.4 Å². The minimum absolute atomic E-state index is 0.213. The van der Waals surface area contributed by atoms with Gasteiger partial charge in [-0.1, -0.05) is 32.0 Å². The van der Waals surface area contributed by atoms with Crippen molar-refractivity contribution in [1.82, 2.24) is 9.55 Å². The van der Waals surface area contributed by atoms with Crippen LogP contribution in [0.15, 0.2) is 35.1 Å². The molecule has 0 spiro atoms. The first kappa shape index (κ1) is 19.8. The van der Waals surface area contributed by atoms with E-state index in [1.807, 2.05) is 26.0 Å². The van der Waals surface area contributed by atoms with Gasteiger partial charge in [0.05, 0.1) is 18.2 Å². The van der Waals surface area contributed by atoms with E-state index in [4.69, 9.17) is 4.74 Å². The molecular formula is C20H21N3O4S. The molecule has 146 valence electrons. The molecule has 0 saturated carbocycles. The number of esters is 1. The molecule has 0 atom stereocenters. The maximum Gasteiger partial charge on any atom is 0.357 e. The number of amides is 1. The minimum atomic E-state index is -0.536. The summed E-state index contributed by atoms with van der Waals surface area (Å²) in [5.74, 6) is -0.671. The van der Waals surface area contributed by atoms with Crippen LogP contribution in [0, 0.1) is 5.92 Å². The number of nitrogens with one attached hydrogen (secondary N) is 1. The van der Waals surface area contributed by atoms with Crippen molar-refractivity contribution in [2.45, 2.75) is 20.3 Å². The molecule has 0 aliphatic heterocycles. The van der Waals surface area contributed by atoms with Gasteiger partial charge in [0.2, 0.25) is 0 Å². The summed E-state index contributed by atoms with van der Waals surface area (Å²) < 4.78 is 6.29. The Balaban J connectivity index is 1.99. The standard InChI is InChI=1S/C20H21N3O4S/c1-11(2)9-15-17(19(26)27-4)21-20(28-15)22-18(25)13-10-16(24)23(3)14-8-6-5-7-12(13)14/h5-8,10-11H,9H2,1-4H3,(H,21,22,25). The molecule has 3 aromatic rings. The normalized spacial score (nSPS) is 11.0. The molecule has 1 N–H and O–H groups in total. The van der Waals surface area contributed by atoms with Crippen molar-refractivity contribution in [2.24, 2.45) is 13.0 Å². The van der Waals surface area contributed by atoms with E-state index < -0.39 is 11.9 Å². The second-order valence-electron chi connectivity index (χ2n) is 6.81. The predicted octanol–water partition coefficient (Wildman–Crippen LogP) is 3.23. The average Bonchev–Trinajstić information content (AvgIpc) is 3.05. The van der Waals surface area contributed by atoms with Crippen LogP contribution in [-0.4, -0.2) is 28.5 Å². The third-order valence-corrected chi connectivity index (χ3v) is 5.28. The molecular weight excluding hydrogens is 378 g/mol. The molecule has 0 aliphatic rings. The first-order chi connectivity index (χ1) is 13.3. The molecule has 1 amide bonds. The fourth-order valence-corrected chi connectivity index (χ4v) is 4.09. The number of thiazole rings is 1. The van der Waals surface area contributed by atoms with Gasteiger partial charge in [-0.3, -0.25) is 14.9 Å². The first-order valence-electron chi connectivity index (χ1n) is 8.80. The van der Waals surface area contributed by atoms with Crippen LogP contribution in [0.1, 0.15) is 39.6 Å². The van der Waals surface area contributed by atoms with Crippen LogP contribution in [0.4, 0.5) is 5.13 Å². The number of hydrogen-bond acceptors (Lipinski definition) is 6.